The molecule has 0 aromatic heterocycles. The molecule has 160 valence electrons. The lowest BCUT2D eigenvalue weighted by atomic mass is 9.99. The molecule has 0 spiro atoms. The summed E-state index contributed by atoms with van der Waals surface area (Å²) in [6.45, 7) is 6.38. The fraction of sp³-hybridized carbons (Fsp3) is 0.364. The lowest BCUT2D eigenvalue weighted by Crippen LogP contribution is -2.49. The minimum Gasteiger partial charge on any atom is -0.354 e. The van der Waals surface area contributed by atoms with E-state index in [-0.39, 0.29) is 47.9 Å². The third kappa shape index (κ3) is 4.88. The van der Waals surface area contributed by atoms with E-state index in [9.17, 15) is 18.0 Å². The van der Waals surface area contributed by atoms with Crippen molar-refractivity contribution in [2.45, 2.75) is 37.6 Å². The van der Waals surface area contributed by atoms with E-state index >= 15 is 0 Å². The van der Waals surface area contributed by atoms with Crippen molar-refractivity contribution < 1.29 is 18.0 Å². The van der Waals surface area contributed by atoms with Crippen LogP contribution in [0.4, 0.5) is 0 Å². The highest BCUT2D eigenvalue weighted by Gasteiger charge is 2.29. The molecule has 1 saturated heterocycles. The summed E-state index contributed by atoms with van der Waals surface area (Å²) in [6.07, 6.45) is 0. The van der Waals surface area contributed by atoms with Crippen LogP contribution in [0, 0.1) is 0 Å². The van der Waals surface area contributed by atoms with Crippen LogP contribution in [0.2, 0.25) is 0 Å². The molecule has 3 rings (SSSR count). The Morgan fingerprint density at radius 3 is 2.37 bits per heavy atom. The Balaban J connectivity index is 1.74. The molecular formula is C22H27N3O4S. The van der Waals surface area contributed by atoms with Crippen LogP contribution in [0.25, 0.3) is 0 Å². The second kappa shape index (κ2) is 8.97. The lowest BCUT2D eigenvalue weighted by Gasteiger charge is -2.26. The molecule has 1 heterocycles. The number of carbonyl (C=O) groups excluding carboxylic acids is 2. The van der Waals surface area contributed by atoms with Crippen molar-refractivity contribution in [3.05, 3.63) is 65.2 Å². The first-order valence-corrected chi connectivity index (χ1v) is 11.4. The molecule has 2 N–H and O–H groups in total. The molecule has 1 atom stereocenters. The molecule has 7 nitrogen and oxygen atoms in total. The maximum absolute atomic E-state index is 12.9. The number of piperazine rings is 1. The number of benzene rings is 2. The molecule has 0 aliphatic carbocycles. The second-order valence-electron chi connectivity index (χ2n) is 7.73. The zero-order chi connectivity index (χ0) is 21.9. The number of nitrogens with zero attached hydrogens (tertiary/aromatic N) is 1. The summed E-state index contributed by atoms with van der Waals surface area (Å²) < 4.78 is 26.8. The van der Waals surface area contributed by atoms with E-state index in [2.05, 4.69) is 24.5 Å². The van der Waals surface area contributed by atoms with Crippen molar-refractivity contribution in [2.24, 2.45) is 0 Å². The van der Waals surface area contributed by atoms with Gasteiger partial charge in [-0.05, 0) is 42.2 Å². The highest BCUT2D eigenvalue weighted by Crippen LogP contribution is 2.21. The highest BCUT2D eigenvalue weighted by atomic mass is 32.2. The Hall–Kier alpha value is -2.71. The molecule has 0 radical (unpaired) electrons. The SMILES string of the molecule is CC(C)c1ccc([C@@H](C)NC(=O)c2cccc(S(=O)(=O)N3CCNC(=O)C3)c2)cc1. The van der Waals surface area contributed by atoms with Crippen LogP contribution in [0.5, 0.6) is 0 Å². The van der Waals surface area contributed by atoms with Crippen molar-refractivity contribution in [1.29, 1.82) is 0 Å². The van der Waals surface area contributed by atoms with Gasteiger partial charge in [0.15, 0.2) is 0 Å². The summed E-state index contributed by atoms with van der Waals surface area (Å²) in [5.41, 5.74) is 2.45. The summed E-state index contributed by atoms with van der Waals surface area (Å²) in [7, 11) is -3.85. The van der Waals surface area contributed by atoms with Gasteiger partial charge in [-0.15, -0.1) is 0 Å². The van der Waals surface area contributed by atoms with Gasteiger partial charge in [0.05, 0.1) is 17.5 Å². The number of carbonyl (C=O) groups is 2. The molecule has 0 saturated carbocycles. The Morgan fingerprint density at radius 1 is 1.07 bits per heavy atom. The van der Waals surface area contributed by atoms with Crippen molar-refractivity contribution in [2.75, 3.05) is 19.6 Å². The normalized spacial score (nSPS) is 16.2. The van der Waals surface area contributed by atoms with Gasteiger partial charge in [0.25, 0.3) is 5.91 Å². The van der Waals surface area contributed by atoms with E-state index in [4.69, 9.17) is 0 Å². The van der Waals surface area contributed by atoms with Crippen LogP contribution >= 0.6 is 0 Å². The van der Waals surface area contributed by atoms with E-state index in [1.165, 1.54) is 23.8 Å². The van der Waals surface area contributed by atoms with Crippen molar-refractivity contribution in [1.82, 2.24) is 14.9 Å². The average molecular weight is 430 g/mol. The summed E-state index contributed by atoms with van der Waals surface area (Å²) >= 11 is 0. The third-order valence-corrected chi connectivity index (χ3v) is 7.03. The van der Waals surface area contributed by atoms with Crippen molar-refractivity contribution in [3.8, 4) is 0 Å². The van der Waals surface area contributed by atoms with E-state index in [0.29, 0.717) is 5.92 Å². The first kappa shape index (κ1) is 22.0. The Bertz CT molecular complexity index is 1030. The van der Waals surface area contributed by atoms with Crippen LogP contribution in [0.15, 0.2) is 53.4 Å². The van der Waals surface area contributed by atoms with Gasteiger partial charge in [0, 0.05) is 18.7 Å². The molecule has 2 aromatic rings. The fourth-order valence-corrected chi connectivity index (χ4v) is 4.74. The van der Waals surface area contributed by atoms with E-state index in [1.807, 2.05) is 31.2 Å². The molecule has 2 aromatic carbocycles. The molecule has 2 amide bonds. The first-order valence-electron chi connectivity index (χ1n) is 9.96. The van der Waals surface area contributed by atoms with Crippen LogP contribution in [0.1, 0.15) is 54.2 Å². The third-order valence-electron chi connectivity index (χ3n) is 5.19. The molecule has 8 heteroatoms. The molecule has 0 unspecified atom stereocenters. The number of nitrogens with one attached hydrogen (secondary N) is 2. The van der Waals surface area contributed by atoms with E-state index in [0.717, 1.165) is 9.87 Å². The number of hydrogen-bond acceptors (Lipinski definition) is 4. The maximum Gasteiger partial charge on any atom is 0.251 e. The van der Waals surface area contributed by atoms with Crippen molar-refractivity contribution >= 4 is 21.8 Å². The average Bonchev–Trinajstić information content (AvgIpc) is 2.73. The molecular weight excluding hydrogens is 402 g/mol. The maximum atomic E-state index is 12.9. The van der Waals surface area contributed by atoms with E-state index < -0.39 is 10.0 Å². The fourth-order valence-electron chi connectivity index (χ4n) is 3.30. The van der Waals surface area contributed by atoms with Gasteiger partial charge in [-0.3, -0.25) is 9.59 Å². The molecule has 1 fully saturated rings. The molecule has 1 aliphatic rings. The van der Waals surface area contributed by atoms with Gasteiger partial charge < -0.3 is 10.6 Å². The zero-order valence-electron chi connectivity index (χ0n) is 17.4. The summed E-state index contributed by atoms with van der Waals surface area (Å²) in [6, 6.07) is 13.7. The standard InChI is InChI=1S/C22H27N3O4S/c1-15(2)17-7-9-18(10-8-17)16(3)24-22(27)19-5-4-6-20(13-19)30(28,29)25-12-11-23-21(26)14-25/h4-10,13,15-16H,11-12,14H2,1-3H3,(H,23,26)(H,24,27)/t16-/m1/s1. The Kier molecular flexibility index (Phi) is 6.58. The second-order valence-corrected chi connectivity index (χ2v) is 9.67. The molecule has 1 aliphatic heterocycles. The Morgan fingerprint density at radius 2 is 1.73 bits per heavy atom. The van der Waals surface area contributed by atoms with Gasteiger partial charge in [0.1, 0.15) is 0 Å². The van der Waals surface area contributed by atoms with Gasteiger partial charge in [-0.25, -0.2) is 8.42 Å². The van der Waals surface area contributed by atoms with Crippen LogP contribution in [0.3, 0.4) is 0 Å². The largest absolute Gasteiger partial charge is 0.354 e. The quantitative estimate of drug-likeness (QED) is 0.737. The summed E-state index contributed by atoms with van der Waals surface area (Å²) in [5.74, 6) is -0.264. The monoisotopic (exact) mass is 429 g/mol. The van der Waals surface area contributed by atoms with Crippen molar-refractivity contribution in [3.63, 3.8) is 0 Å². The smallest absolute Gasteiger partial charge is 0.251 e. The predicted octanol–water partition coefficient (Wildman–Crippen LogP) is 2.42. The van der Waals surface area contributed by atoms with Gasteiger partial charge in [0.2, 0.25) is 15.9 Å². The molecule has 0 bridgehead atoms. The highest BCUT2D eigenvalue weighted by molar-refractivity contribution is 7.89. The molecule has 30 heavy (non-hydrogen) atoms. The number of hydrogen-bond donors (Lipinski definition) is 2. The number of sulfonamides is 1. The number of rotatable bonds is 6. The van der Waals surface area contributed by atoms with Crippen LogP contribution in [-0.4, -0.2) is 44.2 Å². The minimum atomic E-state index is -3.85. The van der Waals surface area contributed by atoms with Crippen LogP contribution in [-0.2, 0) is 14.8 Å². The predicted molar refractivity (Wildman–Crippen MR) is 115 cm³/mol. The minimum absolute atomic E-state index is 0.00112. The zero-order valence-corrected chi connectivity index (χ0v) is 18.2. The topological polar surface area (TPSA) is 95.6 Å². The van der Waals surface area contributed by atoms with Gasteiger partial charge in [-0.2, -0.15) is 4.31 Å². The van der Waals surface area contributed by atoms with Gasteiger partial charge >= 0.3 is 0 Å². The Labute approximate surface area is 177 Å². The lowest BCUT2D eigenvalue weighted by molar-refractivity contribution is -0.122. The number of amides is 2. The summed E-state index contributed by atoms with van der Waals surface area (Å²) in [5, 5.41) is 5.52. The van der Waals surface area contributed by atoms with Gasteiger partial charge in [-0.1, -0.05) is 44.2 Å². The van der Waals surface area contributed by atoms with E-state index in [1.54, 1.807) is 6.07 Å². The summed E-state index contributed by atoms with van der Waals surface area (Å²) in [4.78, 5) is 24.3. The van der Waals surface area contributed by atoms with Crippen LogP contribution < -0.4 is 10.6 Å². The first-order chi connectivity index (χ1) is 14.2.